The quantitative estimate of drug-likeness (QED) is 0.819. The van der Waals surface area contributed by atoms with E-state index in [4.69, 9.17) is 11.6 Å². The predicted octanol–water partition coefficient (Wildman–Crippen LogP) is 2.27. The number of rotatable bonds is 4. The third-order valence-electron chi connectivity index (χ3n) is 2.61. The van der Waals surface area contributed by atoms with Crippen LogP contribution in [0.2, 0.25) is 5.15 Å². The van der Waals surface area contributed by atoms with Crippen LogP contribution in [0.15, 0.2) is 18.6 Å². The van der Waals surface area contributed by atoms with E-state index in [0.717, 1.165) is 31.0 Å². The molecule has 0 saturated heterocycles. The smallest absolute Gasteiger partial charge is 0.129 e. The average Bonchev–Trinajstić information content (AvgIpc) is 2.82. The van der Waals surface area contributed by atoms with Gasteiger partial charge in [-0.2, -0.15) is 0 Å². The molecule has 0 amide bonds. The molecule has 5 heteroatoms. The molecule has 16 heavy (non-hydrogen) atoms. The Balaban J connectivity index is 2.20. The monoisotopic (exact) mass is 238 g/mol. The predicted molar refractivity (Wildman–Crippen MR) is 63.5 cm³/mol. The molecule has 0 aliphatic heterocycles. The van der Waals surface area contributed by atoms with Crippen LogP contribution in [0.1, 0.15) is 25.0 Å². The summed E-state index contributed by atoms with van der Waals surface area (Å²) >= 11 is 5.95. The summed E-state index contributed by atoms with van der Waals surface area (Å²) in [6, 6.07) is 0. The lowest BCUT2D eigenvalue weighted by Gasteiger charge is -2.07. The second kappa shape index (κ2) is 4.70. The number of imidazole rings is 2. The van der Waals surface area contributed by atoms with Crippen molar-refractivity contribution in [3.63, 3.8) is 0 Å². The molecule has 0 fully saturated rings. The first-order valence-electron chi connectivity index (χ1n) is 5.38. The van der Waals surface area contributed by atoms with Crippen molar-refractivity contribution in [2.45, 2.75) is 26.3 Å². The van der Waals surface area contributed by atoms with E-state index < -0.39 is 0 Å². The fourth-order valence-electron chi connectivity index (χ4n) is 1.66. The van der Waals surface area contributed by atoms with Gasteiger partial charge in [0.25, 0.3) is 0 Å². The van der Waals surface area contributed by atoms with Gasteiger partial charge in [0.1, 0.15) is 16.8 Å². The second-order valence-electron chi connectivity index (χ2n) is 3.78. The summed E-state index contributed by atoms with van der Waals surface area (Å²) in [6.45, 7) is 2.87. The Labute approximate surface area is 99.9 Å². The second-order valence-corrected chi connectivity index (χ2v) is 4.16. The van der Waals surface area contributed by atoms with E-state index >= 15 is 0 Å². The van der Waals surface area contributed by atoms with E-state index in [9.17, 15) is 0 Å². The number of halogens is 1. The summed E-state index contributed by atoms with van der Waals surface area (Å²) in [6.07, 6.45) is 7.57. The molecule has 2 rings (SSSR count). The Bertz CT molecular complexity index is 472. The molecule has 4 nitrogen and oxygen atoms in total. The van der Waals surface area contributed by atoms with Crippen molar-refractivity contribution >= 4 is 11.6 Å². The summed E-state index contributed by atoms with van der Waals surface area (Å²) in [5.41, 5.74) is 0. The Morgan fingerprint density at radius 1 is 1.31 bits per heavy atom. The number of aromatic nitrogens is 4. The average molecular weight is 239 g/mol. The summed E-state index contributed by atoms with van der Waals surface area (Å²) in [5.74, 6) is 2.04. The van der Waals surface area contributed by atoms with Crippen molar-refractivity contribution in [3.8, 4) is 0 Å². The van der Waals surface area contributed by atoms with Gasteiger partial charge in [0.15, 0.2) is 0 Å². The largest absolute Gasteiger partial charge is 0.327 e. The molecule has 0 saturated carbocycles. The van der Waals surface area contributed by atoms with Crippen LogP contribution in [0.5, 0.6) is 0 Å². The highest BCUT2D eigenvalue weighted by molar-refractivity contribution is 6.29. The van der Waals surface area contributed by atoms with Gasteiger partial charge in [0.2, 0.25) is 0 Å². The highest BCUT2D eigenvalue weighted by Crippen LogP contribution is 2.11. The molecule has 0 N–H and O–H groups in total. The third-order valence-corrected chi connectivity index (χ3v) is 2.97. The lowest BCUT2D eigenvalue weighted by Crippen LogP contribution is -2.08. The minimum Gasteiger partial charge on any atom is -0.327 e. The summed E-state index contributed by atoms with van der Waals surface area (Å²) in [7, 11) is 1.92. The zero-order valence-electron chi connectivity index (χ0n) is 9.52. The fourth-order valence-corrected chi connectivity index (χ4v) is 1.81. The molecule has 0 aromatic carbocycles. The van der Waals surface area contributed by atoms with Crippen LogP contribution >= 0.6 is 11.6 Å². The van der Waals surface area contributed by atoms with E-state index in [1.807, 2.05) is 24.0 Å². The van der Waals surface area contributed by atoms with Gasteiger partial charge in [-0.15, -0.1) is 0 Å². The maximum Gasteiger partial charge on any atom is 0.129 e. The Morgan fingerprint density at radius 2 is 2.12 bits per heavy atom. The Morgan fingerprint density at radius 3 is 2.75 bits per heavy atom. The molecule has 0 radical (unpaired) electrons. The number of nitrogens with zero attached hydrogens (tertiary/aromatic N) is 4. The molecule has 2 aromatic heterocycles. The first-order valence-corrected chi connectivity index (χ1v) is 5.76. The Hall–Kier alpha value is -1.29. The van der Waals surface area contributed by atoms with Crippen LogP contribution in [0.4, 0.5) is 0 Å². The first-order chi connectivity index (χ1) is 7.72. The molecule has 0 aliphatic rings. The standard InChI is InChI=1S/C11H15ClN4/c1-3-4-10-13-5-6-16(10)8-11-14-7-9(12)15(11)2/h5-7H,3-4,8H2,1-2H3. The van der Waals surface area contributed by atoms with E-state index in [-0.39, 0.29) is 0 Å². The molecule has 0 spiro atoms. The summed E-state index contributed by atoms with van der Waals surface area (Å²) < 4.78 is 4.00. The van der Waals surface area contributed by atoms with Crippen LogP contribution < -0.4 is 0 Å². The van der Waals surface area contributed by atoms with E-state index in [1.54, 1.807) is 6.20 Å². The minimum atomic E-state index is 0.659. The molecular weight excluding hydrogens is 224 g/mol. The van der Waals surface area contributed by atoms with Gasteiger partial charge < -0.3 is 9.13 Å². The zero-order chi connectivity index (χ0) is 11.5. The van der Waals surface area contributed by atoms with Crippen LogP contribution in [0, 0.1) is 0 Å². The molecule has 2 aromatic rings. The van der Waals surface area contributed by atoms with E-state index in [2.05, 4.69) is 21.5 Å². The highest BCUT2D eigenvalue weighted by atomic mass is 35.5. The van der Waals surface area contributed by atoms with Crippen LogP contribution in [-0.2, 0) is 20.0 Å². The highest BCUT2D eigenvalue weighted by Gasteiger charge is 2.07. The van der Waals surface area contributed by atoms with Gasteiger partial charge >= 0.3 is 0 Å². The normalized spacial score (nSPS) is 10.9. The molecule has 0 unspecified atom stereocenters. The molecular formula is C11H15ClN4. The third kappa shape index (κ3) is 2.11. The first kappa shape index (κ1) is 11.2. The van der Waals surface area contributed by atoms with Crippen molar-refractivity contribution < 1.29 is 0 Å². The molecule has 86 valence electrons. The van der Waals surface area contributed by atoms with Gasteiger partial charge in [-0.3, -0.25) is 0 Å². The van der Waals surface area contributed by atoms with Crippen LogP contribution in [0.3, 0.4) is 0 Å². The SMILES string of the molecule is CCCc1nccn1Cc1ncc(Cl)n1C. The van der Waals surface area contributed by atoms with Gasteiger partial charge in [-0.1, -0.05) is 18.5 Å². The maximum absolute atomic E-state index is 5.95. The van der Waals surface area contributed by atoms with Crippen molar-refractivity contribution in [1.29, 1.82) is 0 Å². The summed E-state index contributed by atoms with van der Waals surface area (Å²) in [4.78, 5) is 8.61. The number of aryl methyl sites for hydroxylation is 1. The molecule has 0 aliphatic carbocycles. The van der Waals surface area contributed by atoms with Crippen LogP contribution in [-0.4, -0.2) is 19.1 Å². The van der Waals surface area contributed by atoms with Crippen molar-refractivity contribution in [2.75, 3.05) is 0 Å². The Kier molecular flexibility index (Phi) is 3.29. The van der Waals surface area contributed by atoms with Crippen molar-refractivity contribution in [1.82, 2.24) is 19.1 Å². The van der Waals surface area contributed by atoms with E-state index in [1.165, 1.54) is 0 Å². The fraction of sp³-hybridized carbons (Fsp3) is 0.455. The van der Waals surface area contributed by atoms with Crippen molar-refractivity contribution in [2.24, 2.45) is 7.05 Å². The van der Waals surface area contributed by atoms with Gasteiger partial charge in [-0.25, -0.2) is 9.97 Å². The maximum atomic E-state index is 5.95. The number of hydrogen-bond acceptors (Lipinski definition) is 2. The van der Waals surface area contributed by atoms with E-state index in [0.29, 0.717) is 5.15 Å². The lowest BCUT2D eigenvalue weighted by atomic mass is 10.3. The molecule has 2 heterocycles. The van der Waals surface area contributed by atoms with Gasteiger partial charge in [-0.05, 0) is 6.42 Å². The summed E-state index contributed by atoms with van der Waals surface area (Å²) in [5, 5.41) is 0.659. The lowest BCUT2D eigenvalue weighted by molar-refractivity contribution is 0.654. The molecule has 0 atom stereocenters. The van der Waals surface area contributed by atoms with Gasteiger partial charge in [0, 0.05) is 25.9 Å². The van der Waals surface area contributed by atoms with Crippen molar-refractivity contribution in [3.05, 3.63) is 35.4 Å². The zero-order valence-corrected chi connectivity index (χ0v) is 10.3. The minimum absolute atomic E-state index is 0.659. The van der Waals surface area contributed by atoms with Crippen LogP contribution in [0.25, 0.3) is 0 Å². The number of hydrogen-bond donors (Lipinski definition) is 0. The van der Waals surface area contributed by atoms with Gasteiger partial charge in [0.05, 0.1) is 12.7 Å². The molecule has 0 bridgehead atoms. The topological polar surface area (TPSA) is 35.6 Å².